The molecule has 0 aromatic heterocycles. The molecule has 128 valence electrons. The maximum Gasteiger partial charge on any atom is 0.327 e. The normalized spacial score (nSPS) is 13.4. The number of carbonyl (C=O) groups is 2. The average Bonchev–Trinajstić information content (AvgIpc) is 2.61. The van der Waals surface area contributed by atoms with Crippen LogP contribution in [0.25, 0.3) is 5.70 Å². The van der Waals surface area contributed by atoms with Gasteiger partial charge in [-0.05, 0) is 42.8 Å². The van der Waals surface area contributed by atoms with E-state index in [1.807, 2.05) is 24.3 Å². The van der Waals surface area contributed by atoms with Crippen LogP contribution in [0.2, 0.25) is 0 Å². The van der Waals surface area contributed by atoms with Crippen molar-refractivity contribution in [3.8, 4) is 5.75 Å². The maximum absolute atomic E-state index is 12.0. The van der Waals surface area contributed by atoms with Gasteiger partial charge < -0.3 is 14.8 Å². The molecule has 1 aromatic carbocycles. The number of amides is 1. The Hall–Kier alpha value is -2.96. The number of nitrogens with one attached hydrogen (secondary N) is 2. The van der Waals surface area contributed by atoms with Gasteiger partial charge in [-0.25, -0.2) is 0 Å². The molecule has 1 aliphatic rings. The molecule has 2 N–H and O–H groups in total. The Morgan fingerprint density at radius 1 is 1.25 bits per heavy atom. The zero-order valence-corrected chi connectivity index (χ0v) is 14.0. The Bertz CT molecular complexity index is 665. The van der Waals surface area contributed by atoms with E-state index >= 15 is 0 Å². The summed E-state index contributed by atoms with van der Waals surface area (Å²) in [6, 6.07) is 7.39. The van der Waals surface area contributed by atoms with Gasteiger partial charge in [-0.3, -0.25) is 20.0 Å². The molecule has 0 atom stereocenters. The molecule has 24 heavy (non-hydrogen) atoms. The highest BCUT2D eigenvalue weighted by molar-refractivity contribution is 5.98. The molecule has 0 radical (unpaired) electrons. The molecule has 1 aromatic rings. The van der Waals surface area contributed by atoms with E-state index in [1.54, 1.807) is 33.4 Å². The number of nitrogens with zero attached hydrogens (tertiary/aromatic N) is 1. The predicted molar refractivity (Wildman–Crippen MR) is 89.6 cm³/mol. The second kappa shape index (κ2) is 8.05. The summed E-state index contributed by atoms with van der Waals surface area (Å²) in [6.45, 7) is 2.04. The number of hydrazine groups is 1. The summed E-state index contributed by atoms with van der Waals surface area (Å²) in [5, 5.41) is 4.11. The number of rotatable bonds is 6. The summed E-state index contributed by atoms with van der Waals surface area (Å²) in [5.41, 5.74) is 5.10. The van der Waals surface area contributed by atoms with E-state index in [4.69, 9.17) is 9.47 Å². The first-order valence-electron chi connectivity index (χ1n) is 7.56. The highest BCUT2D eigenvalue weighted by atomic mass is 16.5. The van der Waals surface area contributed by atoms with Gasteiger partial charge in [0.2, 0.25) is 0 Å². The van der Waals surface area contributed by atoms with Crippen molar-refractivity contribution >= 4 is 17.6 Å². The number of esters is 1. The molecule has 0 saturated carbocycles. The van der Waals surface area contributed by atoms with E-state index in [0.29, 0.717) is 17.9 Å². The summed E-state index contributed by atoms with van der Waals surface area (Å²) >= 11 is 0. The van der Waals surface area contributed by atoms with Gasteiger partial charge in [0.05, 0.1) is 25.0 Å². The topological polar surface area (TPSA) is 79.9 Å². The van der Waals surface area contributed by atoms with Crippen molar-refractivity contribution in [1.82, 2.24) is 15.8 Å². The van der Waals surface area contributed by atoms with Gasteiger partial charge in [0.25, 0.3) is 5.91 Å². The summed E-state index contributed by atoms with van der Waals surface area (Å²) in [5.74, 6) is 0.116. The molecule has 1 aliphatic heterocycles. The quantitative estimate of drug-likeness (QED) is 0.759. The number of carbonyl (C=O) groups excluding carboxylic acids is 2. The zero-order chi connectivity index (χ0) is 17.5. The van der Waals surface area contributed by atoms with Gasteiger partial charge in [-0.1, -0.05) is 0 Å². The van der Waals surface area contributed by atoms with Gasteiger partial charge in [0, 0.05) is 13.2 Å². The second-order valence-electron chi connectivity index (χ2n) is 4.99. The number of hydrogen-bond acceptors (Lipinski definition) is 6. The van der Waals surface area contributed by atoms with Crippen LogP contribution in [0.4, 0.5) is 0 Å². The van der Waals surface area contributed by atoms with Crippen LogP contribution >= 0.6 is 0 Å². The summed E-state index contributed by atoms with van der Waals surface area (Å²) in [4.78, 5) is 23.7. The SMILES string of the molecule is CCOC(=O)CN1C=C(C(=O)NC)C=C(c2ccc(OC)cc2)N1. The van der Waals surface area contributed by atoms with Gasteiger partial charge in [-0.15, -0.1) is 0 Å². The third-order valence-electron chi connectivity index (χ3n) is 3.35. The van der Waals surface area contributed by atoms with Crippen LogP contribution in [0.5, 0.6) is 5.75 Å². The van der Waals surface area contributed by atoms with E-state index in [-0.39, 0.29) is 18.4 Å². The number of methoxy groups -OCH3 is 1. The lowest BCUT2D eigenvalue weighted by molar-refractivity contribution is -0.144. The number of likely N-dealkylation sites (N-methyl/N-ethyl adjacent to an activating group) is 1. The lowest BCUT2D eigenvalue weighted by Gasteiger charge is -2.28. The number of benzene rings is 1. The first-order valence-corrected chi connectivity index (χ1v) is 7.56. The van der Waals surface area contributed by atoms with Crippen LogP contribution in [0.15, 0.2) is 42.1 Å². The van der Waals surface area contributed by atoms with E-state index in [2.05, 4.69) is 10.7 Å². The molecule has 1 heterocycles. The van der Waals surface area contributed by atoms with Crippen LogP contribution in [0.3, 0.4) is 0 Å². The molecule has 0 spiro atoms. The molecule has 0 fully saturated rings. The van der Waals surface area contributed by atoms with Crippen LogP contribution in [-0.4, -0.2) is 44.2 Å². The molecular weight excluding hydrogens is 310 g/mol. The predicted octanol–water partition coefficient (Wildman–Crippen LogP) is 1.05. The summed E-state index contributed by atoms with van der Waals surface area (Å²) in [6.07, 6.45) is 3.30. The van der Waals surface area contributed by atoms with Crippen molar-refractivity contribution in [2.24, 2.45) is 0 Å². The molecule has 0 aliphatic carbocycles. The minimum atomic E-state index is -0.381. The van der Waals surface area contributed by atoms with Crippen molar-refractivity contribution in [3.05, 3.63) is 47.7 Å². The highest BCUT2D eigenvalue weighted by Crippen LogP contribution is 2.21. The van der Waals surface area contributed by atoms with Crippen molar-refractivity contribution in [2.75, 3.05) is 27.3 Å². The fraction of sp³-hybridized carbons (Fsp3) is 0.294. The molecule has 0 bridgehead atoms. The minimum absolute atomic E-state index is 0.0121. The molecule has 1 amide bonds. The highest BCUT2D eigenvalue weighted by Gasteiger charge is 2.19. The first-order chi connectivity index (χ1) is 11.6. The molecule has 7 heteroatoms. The van der Waals surface area contributed by atoms with Gasteiger partial charge in [0.1, 0.15) is 12.3 Å². The monoisotopic (exact) mass is 331 g/mol. The molecule has 0 unspecified atom stereocenters. The van der Waals surface area contributed by atoms with Gasteiger partial charge in [0.15, 0.2) is 0 Å². The standard InChI is InChI=1S/C17H21N3O4/c1-4-24-16(21)11-20-10-13(17(22)18-2)9-15(19-20)12-5-7-14(23-3)8-6-12/h5-10,19H,4,11H2,1-3H3,(H,18,22). The van der Waals surface area contributed by atoms with Crippen LogP contribution in [0, 0.1) is 0 Å². The molecule has 2 rings (SSSR count). The summed E-state index contributed by atoms with van der Waals surface area (Å²) < 4.78 is 10.1. The Morgan fingerprint density at radius 2 is 1.96 bits per heavy atom. The lowest BCUT2D eigenvalue weighted by Crippen LogP contribution is -2.40. The van der Waals surface area contributed by atoms with Crippen molar-refractivity contribution in [1.29, 1.82) is 0 Å². The van der Waals surface area contributed by atoms with Crippen LogP contribution in [0.1, 0.15) is 12.5 Å². The number of hydrogen-bond donors (Lipinski definition) is 2. The maximum atomic E-state index is 12.0. The zero-order valence-electron chi connectivity index (χ0n) is 14.0. The van der Waals surface area contributed by atoms with Crippen LogP contribution in [-0.2, 0) is 14.3 Å². The fourth-order valence-corrected chi connectivity index (χ4v) is 2.20. The van der Waals surface area contributed by atoms with E-state index in [0.717, 1.165) is 11.3 Å². The smallest absolute Gasteiger partial charge is 0.327 e. The molecular formula is C17H21N3O4. The summed E-state index contributed by atoms with van der Waals surface area (Å²) in [7, 11) is 3.16. The van der Waals surface area contributed by atoms with Crippen LogP contribution < -0.4 is 15.5 Å². The molecule has 7 nitrogen and oxygen atoms in total. The Labute approximate surface area is 140 Å². The minimum Gasteiger partial charge on any atom is -0.497 e. The third-order valence-corrected chi connectivity index (χ3v) is 3.35. The van der Waals surface area contributed by atoms with E-state index in [9.17, 15) is 9.59 Å². The Morgan fingerprint density at radius 3 is 2.54 bits per heavy atom. The largest absolute Gasteiger partial charge is 0.497 e. The number of ether oxygens (including phenoxy) is 2. The second-order valence-corrected chi connectivity index (χ2v) is 4.99. The van der Waals surface area contributed by atoms with Crippen molar-refractivity contribution in [2.45, 2.75) is 6.92 Å². The first kappa shape index (κ1) is 17.4. The van der Waals surface area contributed by atoms with E-state index < -0.39 is 0 Å². The average molecular weight is 331 g/mol. The Balaban J connectivity index is 2.25. The third kappa shape index (κ3) is 4.28. The van der Waals surface area contributed by atoms with Gasteiger partial charge in [-0.2, -0.15) is 0 Å². The van der Waals surface area contributed by atoms with Crippen molar-refractivity contribution < 1.29 is 19.1 Å². The fourth-order valence-electron chi connectivity index (χ4n) is 2.20. The van der Waals surface area contributed by atoms with Gasteiger partial charge >= 0.3 is 5.97 Å². The lowest BCUT2D eigenvalue weighted by atomic mass is 10.1. The molecule has 0 saturated heterocycles. The van der Waals surface area contributed by atoms with Crippen molar-refractivity contribution in [3.63, 3.8) is 0 Å². The van der Waals surface area contributed by atoms with E-state index in [1.165, 1.54) is 5.01 Å². The Kier molecular flexibility index (Phi) is 5.83.